The summed E-state index contributed by atoms with van der Waals surface area (Å²) in [6.45, 7) is 10.8. The van der Waals surface area contributed by atoms with Crippen LogP contribution in [0.5, 0.6) is 0 Å². The normalized spacial score (nSPS) is 18.6. The van der Waals surface area contributed by atoms with E-state index in [0.29, 0.717) is 19.0 Å². The van der Waals surface area contributed by atoms with Crippen LogP contribution < -0.4 is 10.6 Å². The number of piperidine rings is 1. The number of aliphatic imine (C=N–C) groups is 1. The van der Waals surface area contributed by atoms with Crippen molar-refractivity contribution in [3.05, 3.63) is 35.9 Å². The summed E-state index contributed by atoms with van der Waals surface area (Å²) in [7, 11) is 1.78. The van der Waals surface area contributed by atoms with Crippen molar-refractivity contribution in [3.63, 3.8) is 0 Å². The van der Waals surface area contributed by atoms with E-state index < -0.39 is 0 Å². The Bertz CT molecular complexity index is 629. The van der Waals surface area contributed by atoms with Gasteiger partial charge in [0.1, 0.15) is 0 Å². The molecule has 1 aromatic rings. The monoisotopic (exact) mass is 401 g/mol. The lowest BCUT2D eigenvalue weighted by molar-refractivity contribution is -0.134. The van der Waals surface area contributed by atoms with Crippen molar-refractivity contribution in [1.82, 2.24) is 20.4 Å². The molecular weight excluding hydrogens is 362 g/mol. The molecule has 162 valence electrons. The van der Waals surface area contributed by atoms with E-state index in [1.807, 2.05) is 4.90 Å². The fourth-order valence-electron chi connectivity index (χ4n) is 4.11. The smallest absolute Gasteiger partial charge is 0.224 e. The van der Waals surface area contributed by atoms with Crippen LogP contribution in [0.4, 0.5) is 0 Å². The molecule has 0 aliphatic carbocycles. The number of benzene rings is 1. The molecule has 2 atom stereocenters. The van der Waals surface area contributed by atoms with Crippen LogP contribution in [0.15, 0.2) is 35.3 Å². The highest BCUT2D eigenvalue weighted by atomic mass is 16.2. The number of rotatable bonds is 9. The molecule has 29 heavy (non-hydrogen) atoms. The van der Waals surface area contributed by atoms with Gasteiger partial charge in [-0.2, -0.15) is 0 Å². The Morgan fingerprint density at radius 1 is 1.21 bits per heavy atom. The number of guanidine groups is 1. The zero-order valence-corrected chi connectivity index (χ0v) is 18.7. The van der Waals surface area contributed by atoms with Gasteiger partial charge in [-0.25, -0.2) is 0 Å². The predicted octanol–water partition coefficient (Wildman–Crippen LogP) is 3.03. The average molecular weight is 402 g/mol. The van der Waals surface area contributed by atoms with E-state index in [-0.39, 0.29) is 11.9 Å². The molecule has 1 saturated heterocycles. The van der Waals surface area contributed by atoms with Gasteiger partial charge in [-0.05, 0) is 44.8 Å². The fraction of sp³-hybridized carbons (Fsp3) is 0.652. The molecule has 0 spiro atoms. The van der Waals surface area contributed by atoms with Gasteiger partial charge < -0.3 is 15.5 Å². The molecular formula is C23H39N5O. The third kappa shape index (κ3) is 7.03. The highest BCUT2D eigenvalue weighted by Crippen LogP contribution is 2.19. The van der Waals surface area contributed by atoms with Gasteiger partial charge in [-0.3, -0.25) is 14.7 Å². The van der Waals surface area contributed by atoms with Gasteiger partial charge in [0.2, 0.25) is 5.91 Å². The molecule has 2 rings (SSSR count). The van der Waals surface area contributed by atoms with Gasteiger partial charge in [-0.1, -0.05) is 44.2 Å². The van der Waals surface area contributed by atoms with Crippen LogP contribution in [0.2, 0.25) is 0 Å². The van der Waals surface area contributed by atoms with E-state index in [2.05, 4.69) is 71.6 Å². The molecule has 0 radical (unpaired) electrons. The number of likely N-dealkylation sites (N-methyl/N-ethyl adjacent to an activating group) is 1. The summed E-state index contributed by atoms with van der Waals surface area (Å²) in [6, 6.07) is 11.2. The minimum absolute atomic E-state index is 0.241. The number of carbonyl (C=O) groups excluding carboxylic acids is 1. The molecule has 2 N–H and O–H groups in total. The van der Waals surface area contributed by atoms with Crippen LogP contribution >= 0.6 is 0 Å². The van der Waals surface area contributed by atoms with Crippen molar-refractivity contribution in [2.24, 2.45) is 4.99 Å². The van der Waals surface area contributed by atoms with E-state index in [1.54, 1.807) is 7.05 Å². The van der Waals surface area contributed by atoms with Gasteiger partial charge in [0.05, 0.1) is 6.04 Å². The maximum atomic E-state index is 12.5. The Balaban J connectivity index is 1.85. The molecule has 1 aromatic carbocycles. The highest BCUT2D eigenvalue weighted by Gasteiger charge is 2.23. The van der Waals surface area contributed by atoms with E-state index in [0.717, 1.165) is 45.0 Å². The van der Waals surface area contributed by atoms with Gasteiger partial charge in [-0.15, -0.1) is 0 Å². The molecule has 0 saturated carbocycles. The van der Waals surface area contributed by atoms with Gasteiger partial charge in [0.25, 0.3) is 0 Å². The van der Waals surface area contributed by atoms with Crippen LogP contribution in [-0.2, 0) is 4.79 Å². The standard InChI is InChI=1S/C23H39N5O/c1-5-27(6-2)21(20-13-8-7-9-14-20)18-26-23(24-4)25-16-15-22(29)28-17-11-10-12-19(28)3/h7-9,13-14,19,21H,5-6,10-12,15-18H2,1-4H3,(H2,24,25,26). The lowest BCUT2D eigenvalue weighted by Crippen LogP contribution is -2.45. The van der Waals surface area contributed by atoms with Crippen LogP contribution in [0, 0.1) is 0 Å². The fourth-order valence-corrected chi connectivity index (χ4v) is 4.11. The van der Waals surface area contributed by atoms with Crippen molar-refractivity contribution in [3.8, 4) is 0 Å². The highest BCUT2D eigenvalue weighted by molar-refractivity contribution is 5.81. The average Bonchev–Trinajstić information content (AvgIpc) is 2.76. The summed E-state index contributed by atoms with van der Waals surface area (Å²) < 4.78 is 0. The third-order valence-corrected chi connectivity index (χ3v) is 5.88. The largest absolute Gasteiger partial charge is 0.356 e. The first kappa shape index (κ1) is 23.2. The van der Waals surface area contributed by atoms with Gasteiger partial charge in [0.15, 0.2) is 5.96 Å². The molecule has 0 bridgehead atoms. The van der Waals surface area contributed by atoms with Crippen LogP contribution in [-0.4, -0.2) is 67.5 Å². The number of likely N-dealkylation sites (tertiary alicyclic amines) is 1. The number of nitrogens with one attached hydrogen (secondary N) is 2. The van der Waals surface area contributed by atoms with Crippen molar-refractivity contribution in [2.75, 3.05) is 39.8 Å². The van der Waals surface area contributed by atoms with E-state index in [1.165, 1.54) is 12.0 Å². The second-order valence-electron chi connectivity index (χ2n) is 7.71. The van der Waals surface area contributed by atoms with Gasteiger partial charge >= 0.3 is 0 Å². The number of hydrogen-bond acceptors (Lipinski definition) is 3. The molecule has 1 aliphatic heterocycles. The Hall–Kier alpha value is -2.08. The third-order valence-electron chi connectivity index (χ3n) is 5.88. The molecule has 2 unspecified atom stereocenters. The van der Waals surface area contributed by atoms with E-state index in [9.17, 15) is 4.79 Å². The molecule has 0 aromatic heterocycles. The van der Waals surface area contributed by atoms with E-state index >= 15 is 0 Å². The molecule has 1 heterocycles. The molecule has 6 heteroatoms. The number of amides is 1. The maximum Gasteiger partial charge on any atom is 0.224 e. The van der Waals surface area contributed by atoms with Gasteiger partial charge in [0, 0.05) is 39.1 Å². The van der Waals surface area contributed by atoms with E-state index in [4.69, 9.17) is 0 Å². The molecule has 1 amide bonds. The van der Waals surface area contributed by atoms with Crippen LogP contribution in [0.3, 0.4) is 0 Å². The first-order valence-corrected chi connectivity index (χ1v) is 11.1. The van der Waals surface area contributed by atoms with Crippen LogP contribution in [0.25, 0.3) is 0 Å². The predicted molar refractivity (Wildman–Crippen MR) is 121 cm³/mol. The Morgan fingerprint density at radius 2 is 1.93 bits per heavy atom. The summed E-state index contributed by atoms with van der Waals surface area (Å²) in [6.07, 6.45) is 3.98. The number of hydrogen-bond donors (Lipinski definition) is 2. The Morgan fingerprint density at radius 3 is 2.55 bits per heavy atom. The number of carbonyl (C=O) groups is 1. The molecule has 1 fully saturated rings. The Kier molecular flexibility index (Phi) is 9.98. The first-order valence-electron chi connectivity index (χ1n) is 11.1. The second kappa shape index (κ2) is 12.5. The van der Waals surface area contributed by atoms with Crippen LogP contribution in [0.1, 0.15) is 58.1 Å². The zero-order chi connectivity index (χ0) is 21.1. The Labute approximate surface area is 176 Å². The summed E-state index contributed by atoms with van der Waals surface area (Å²) in [5.74, 6) is 0.989. The number of nitrogens with zero attached hydrogens (tertiary/aromatic N) is 3. The molecule has 1 aliphatic rings. The maximum absolute atomic E-state index is 12.5. The summed E-state index contributed by atoms with van der Waals surface area (Å²) in [5, 5.41) is 6.76. The summed E-state index contributed by atoms with van der Waals surface area (Å²) in [4.78, 5) is 21.3. The van der Waals surface area contributed by atoms with Crippen molar-refractivity contribution in [1.29, 1.82) is 0 Å². The second-order valence-corrected chi connectivity index (χ2v) is 7.71. The van der Waals surface area contributed by atoms with Crippen molar-refractivity contribution < 1.29 is 4.79 Å². The minimum Gasteiger partial charge on any atom is -0.356 e. The first-order chi connectivity index (χ1) is 14.1. The minimum atomic E-state index is 0.241. The molecule has 6 nitrogen and oxygen atoms in total. The lowest BCUT2D eigenvalue weighted by Gasteiger charge is -2.33. The zero-order valence-electron chi connectivity index (χ0n) is 18.7. The lowest BCUT2D eigenvalue weighted by atomic mass is 10.0. The van der Waals surface area contributed by atoms with Crippen molar-refractivity contribution >= 4 is 11.9 Å². The quantitative estimate of drug-likeness (QED) is 0.493. The topological polar surface area (TPSA) is 60.0 Å². The summed E-state index contributed by atoms with van der Waals surface area (Å²) in [5.41, 5.74) is 1.30. The SMILES string of the molecule is CCN(CC)C(CNC(=NC)NCCC(=O)N1CCCCC1C)c1ccccc1. The summed E-state index contributed by atoms with van der Waals surface area (Å²) >= 11 is 0. The van der Waals surface area contributed by atoms with Crippen molar-refractivity contribution in [2.45, 2.75) is 58.5 Å².